The number of amides is 1. The summed E-state index contributed by atoms with van der Waals surface area (Å²) in [6.07, 6.45) is 0. The maximum Gasteiger partial charge on any atom is 0.269 e. The molecule has 2 aromatic carbocycles. The highest BCUT2D eigenvalue weighted by molar-refractivity contribution is 6.33. The minimum absolute atomic E-state index is 0.0159. The number of carbonyl (C=O) groups excluding carboxylic acids is 1. The molecule has 1 aliphatic heterocycles. The van der Waals surface area contributed by atoms with Crippen molar-refractivity contribution in [3.05, 3.63) is 74.9 Å². The summed E-state index contributed by atoms with van der Waals surface area (Å²) in [5.41, 5.74) is 0.856. The standard InChI is InChI=1S/C20H17ClFN5O4/c21-17-11-14(22)3-6-16(17)20(28)26-9-7-25(8-10-26)12-18-23-24-19(31-18)13-1-4-15(5-2-13)27(29)30/h1-6,11H,7-10,12H2. The predicted molar refractivity (Wildman–Crippen MR) is 109 cm³/mol. The molecule has 1 aromatic heterocycles. The molecule has 0 bridgehead atoms. The van der Waals surface area contributed by atoms with Crippen molar-refractivity contribution >= 4 is 23.2 Å². The SMILES string of the molecule is O=C(c1ccc(F)cc1Cl)N1CCN(Cc2nnc(-c3ccc([N+](=O)[O-])cc3)o2)CC1. The second kappa shape index (κ2) is 8.78. The first kappa shape index (κ1) is 20.9. The van der Waals surface area contributed by atoms with E-state index in [0.717, 1.165) is 6.07 Å². The van der Waals surface area contributed by atoms with Crippen LogP contribution in [0.25, 0.3) is 11.5 Å². The van der Waals surface area contributed by atoms with Crippen molar-refractivity contribution in [1.29, 1.82) is 0 Å². The van der Waals surface area contributed by atoms with Gasteiger partial charge >= 0.3 is 0 Å². The van der Waals surface area contributed by atoms with Gasteiger partial charge in [-0.05, 0) is 30.3 Å². The van der Waals surface area contributed by atoms with Gasteiger partial charge in [-0.1, -0.05) is 11.6 Å². The van der Waals surface area contributed by atoms with E-state index in [1.54, 1.807) is 17.0 Å². The zero-order valence-corrected chi connectivity index (χ0v) is 17.0. The van der Waals surface area contributed by atoms with Crippen molar-refractivity contribution in [2.24, 2.45) is 0 Å². The molecule has 1 fully saturated rings. The van der Waals surface area contributed by atoms with Gasteiger partial charge in [0.05, 0.1) is 22.1 Å². The van der Waals surface area contributed by atoms with Crippen LogP contribution in [0.15, 0.2) is 46.9 Å². The number of carbonyl (C=O) groups is 1. The number of non-ortho nitro benzene ring substituents is 1. The molecule has 0 radical (unpaired) electrons. The van der Waals surface area contributed by atoms with Gasteiger partial charge in [-0.3, -0.25) is 19.8 Å². The van der Waals surface area contributed by atoms with Gasteiger partial charge in [0.15, 0.2) is 0 Å². The third-order valence-electron chi connectivity index (χ3n) is 4.97. The number of nitrogens with zero attached hydrogens (tertiary/aromatic N) is 5. The minimum Gasteiger partial charge on any atom is -0.419 e. The maximum absolute atomic E-state index is 13.2. The van der Waals surface area contributed by atoms with Crippen LogP contribution in [-0.4, -0.2) is 57.0 Å². The second-order valence-electron chi connectivity index (χ2n) is 7.00. The zero-order chi connectivity index (χ0) is 22.0. The highest BCUT2D eigenvalue weighted by atomic mass is 35.5. The molecule has 11 heteroatoms. The lowest BCUT2D eigenvalue weighted by Crippen LogP contribution is -2.48. The topological polar surface area (TPSA) is 106 Å². The number of benzene rings is 2. The molecule has 31 heavy (non-hydrogen) atoms. The van der Waals surface area contributed by atoms with Gasteiger partial charge in [0.2, 0.25) is 11.8 Å². The van der Waals surface area contributed by atoms with Gasteiger partial charge in [0.1, 0.15) is 5.82 Å². The second-order valence-corrected chi connectivity index (χ2v) is 7.40. The molecule has 1 saturated heterocycles. The Morgan fingerprint density at radius 3 is 2.48 bits per heavy atom. The summed E-state index contributed by atoms with van der Waals surface area (Å²) in [6.45, 7) is 2.57. The van der Waals surface area contributed by atoms with Crippen LogP contribution < -0.4 is 0 Å². The van der Waals surface area contributed by atoms with E-state index in [2.05, 4.69) is 15.1 Å². The van der Waals surface area contributed by atoms with E-state index in [9.17, 15) is 19.3 Å². The largest absolute Gasteiger partial charge is 0.419 e. The third-order valence-corrected chi connectivity index (χ3v) is 5.28. The molecule has 3 aromatic rings. The summed E-state index contributed by atoms with van der Waals surface area (Å²) in [5.74, 6) is -0.0266. The van der Waals surface area contributed by atoms with E-state index < -0.39 is 10.7 Å². The number of halogens is 2. The maximum atomic E-state index is 13.2. The first-order valence-corrected chi connectivity index (χ1v) is 9.82. The van der Waals surface area contributed by atoms with E-state index in [1.807, 2.05) is 0 Å². The van der Waals surface area contributed by atoms with Crippen LogP contribution in [0.3, 0.4) is 0 Å². The van der Waals surface area contributed by atoms with Gasteiger partial charge in [0, 0.05) is 43.9 Å². The molecule has 0 N–H and O–H groups in total. The first-order valence-electron chi connectivity index (χ1n) is 9.44. The Bertz CT molecular complexity index is 1110. The van der Waals surface area contributed by atoms with Crippen molar-refractivity contribution in [3.63, 3.8) is 0 Å². The molecular formula is C20H17ClFN5O4. The summed E-state index contributed by atoms with van der Waals surface area (Å²) in [5, 5.41) is 18.9. The Balaban J connectivity index is 1.34. The Morgan fingerprint density at radius 1 is 1.13 bits per heavy atom. The van der Waals surface area contributed by atoms with E-state index in [0.29, 0.717) is 44.2 Å². The molecule has 0 unspecified atom stereocenters. The fourth-order valence-corrected chi connectivity index (χ4v) is 3.54. The normalized spacial score (nSPS) is 14.6. The highest BCUT2D eigenvalue weighted by Gasteiger charge is 2.25. The van der Waals surface area contributed by atoms with Gasteiger partial charge in [-0.2, -0.15) is 0 Å². The van der Waals surface area contributed by atoms with Gasteiger partial charge in [-0.25, -0.2) is 4.39 Å². The molecule has 2 heterocycles. The molecule has 0 atom stereocenters. The summed E-state index contributed by atoms with van der Waals surface area (Å²) < 4.78 is 18.9. The average Bonchev–Trinajstić information content (AvgIpc) is 3.22. The quantitative estimate of drug-likeness (QED) is 0.437. The molecule has 4 rings (SSSR count). The van der Waals surface area contributed by atoms with Crippen LogP contribution in [0.2, 0.25) is 5.02 Å². The molecule has 0 saturated carbocycles. The van der Waals surface area contributed by atoms with Crippen LogP contribution in [0, 0.1) is 15.9 Å². The van der Waals surface area contributed by atoms with E-state index in [4.69, 9.17) is 16.0 Å². The van der Waals surface area contributed by atoms with Crippen molar-refractivity contribution < 1.29 is 18.5 Å². The molecule has 0 spiro atoms. The number of hydrogen-bond donors (Lipinski definition) is 0. The number of hydrogen-bond acceptors (Lipinski definition) is 7. The Labute approximate surface area is 181 Å². The van der Waals surface area contributed by atoms with Gasteiger partial charge < -0.3 is 9.32 Å². The van der Waals surface area contributed by atoms with Crippen LogP contribution >= 0.6 is 11.6 Å². The highest BCUT2D eigenvalue weighted by Crippen LogP contribution is 2.23. The van der Waals surface area contributed by atoms with Crippen molar-refractivity contribution in [2.45, 2.75) is 6.54 Å². The first-order chi connectivity index (χ1) is 14.9. The number of nitro benzene ring substituents is 1. The van der Waals surface area contributed by atoms with E-state index >= 15 is 0 Å². The number of piperazine rings is 1. The smallest absolute Gasteiger partial charge is 0.269 e. The van der Waals surface area contributed by atoms with Crippen LogP contribution in [0.4, 0.5) is 10.1 Å². The number of aromatic nitrogens is 2. The molecule has 1 aliphatic rings. The fraction of sp³-hybridized carbons (Fsp3) is 0.250. The Kier molecular flexibility index (Phi) is 5.92. The van der Waals surface area contributed by atoms with Crippen LogP contribution in [0.1, 0.15) is 16.2 Å². The van der Waals surface area contributed by atoms with Crippen LogP contribution in [-0.2, 0) is 6.54 Å². The lowest BCUT2D eigenvalue weighted by Gasteiger charge is -2.34. The zero-order valence-electron chi connectivity index (χ0n) is 16.2. The van der Waals surface area contributed by atoms with Crippen molar-refractivity contribution in [3.8, 4) is 11.5 Å². The van der Waals surface area contributed by atoms with Crippen LogP contribution in [0.5, 0.6) is 0 Å². The predicted octanol–water partition coefficient (Wildman–Crippen LogP) is 3.40. The van der Waals surface area contributed by atoms with Gasteiger partial charge in [0.25, 0.3) is 11.6 Å². The molecule has 1 amide bonds. The van der Waals surface area contributed by atoms with E-state index in [-0.39, 0.29) is 28.1 Å². The summed E-state index contributed by atoms with van der Waals surface area (Å²) in [4.78, 5) is 26.7. The third kappa shape index (κ3) is 4.70. The van der Waals surface area contributed by atoms with Crippen molar-refractivity contribution in [2.75, 3.05) is 26.2 Å². The average molecular weight is 446 g/mol. The van der Waals surface area contributed by atoms with E-state index in [1.165, 1.54) is 24.3 Å². The summed E-state index contributed by atoms with van der Waals surface area (Å²) in [7, 11) is 0. The monoisotopic (exact) mass is 445 g/mol. The fourth-order valence-electron chi connectivity index (χ4n) is 3.29. The Morgan fingerprint density at radius 2 is 1.84 bits per heavy atom. The number of rotatable bonds is 5. The molecule has 9 nitrogen and oxygen atoms in total. The number of nitro groups is 1. The van der Waals surface area contributed by atoms with Crippen molar-refractivity contribution in [1.82, 2.24) is 20.0 Å². The molecular weight excluding hydrogens is 429 g/mol. The summed E-state index contributed by atoms with van der Waals surface area (Å²) in [6, 6.07) is 9.60. The summed E-state index contributed by atoms with van der Waals surface area (Å²) >= 11 is 6.00. The molecule has 160 valence electrons. The van der Waals surface area contributed by atoms with Gasteiger partial charge in [-0.15, -0.1) is 10.2 Å². The molecule has 0 aliphatic carbocycles. The Hall–Kier alpha value is -3.37. The minimum atomic E-state index is -0.487. The lowest BCUT2D eigenvalue weighted by molar-refractivity contribution is -0.384. The lowest BCUT2D eigenvalue weighted by atomic mass is 10.1.